The van der Waals surface area contributed by atoms with Gasteiger partial charge in [-0.15, -0.1) is 0 Å². The molecule has 2 rings (SSSR count). The zero-order chi connectivity index (χ0) is 13.1. The number of phenolic OH excluding ortho intramolecular Hbond substituents is 2. The molecule has 0 bridgehead atoms. The van der Waals surface area contributed by atoms with Crippen molar-refractivity contribution in [3.8, 4) is 11.5 Å². The van der Waals surface area contributed by atoms with Gasteiger partial charge >= 0.3 is 0 Å². The second-order valence-electron chi connectivity index (χ2n) is 5.46. The van der Waals surface area contributed by atoms with Crippen LogP contribution in [0.1, 0.15) is 51.1 Å². The number of benzene rings is 1. The van der Waals surface area contributed by atoms with Gasteiger partial charge in [0.05, 0.1) is 0 Å². The highest BCUT2D eigenvalue weighted by atomic mass is 16.3. The highest BCUT2D eigenvalue weighted by Gasteiger charge is 2.25. The van der Waals surface area contributed by atoms with Crippen molar-refractivity contribution in [2.24, 2.45) is 5.92 Å². The zero-order valence-electron chi connectivity index (χ0n) is 11.2. The van der Waals surface area contributed by atoms with Gasteiger partial charge in [0.1, 0.15) is 11.5 Å². The Kier molecular flexibility index (Phi) is 4.12. The molecule has 1 fully saturated rings. The summed E-state index contributed by atoms with van der Waals surface area (Å²) in [4.78, 5) is 0. The Morgan fingerprint density at radius 2 is 1.83 bits per heavy atom. The Morgan fingerprint density at radius 3 is 2.33 bits per heavy atom. The van der Waals surface area contributed by atoms with Crippen LogP contribution in [0.25, 0.3) is 0 Å². The molecule has 0 radical (unpaired) electrons. The second kappa shape index (κ2) is 5.61. The van der Waals surface area contributed by atoms with Crippen molar-refractivity contribution in [1.82, 2.24) is 5.32 Å². The highest BCUT2D eigenvalue weighted by molar-refractivity contribution is 5.37. The van der Waals surface area contributed by atoms with Crippen molar-refractivity contribution >= 4 is 0 Å². The molecule has 3 N–H and O–H groups in total. The van der Waals surface area contributed by atoms with Gasteiger partial charge in [0.15, 0.2) is 0 Å². The van der Waals surface area contributed by atoms with E-state index < -0.39 is 0 Å². The Morgan fingerprint density at radius 1 is 1.22 bits per heavy atom. The van der Waals surface area contributed by atoms with Crippen LogP contribution < -0.4 is 5.32 Å². The molecule has 0 aromatic heterocycles. The molecule has 0 saturated heterocycles. The van der Waals surface area contributed by atoms with Crippen LogP contribution in [0.4, 0.5) is 0 Å². The van der Waals surface area contributed by atoms with Crippen molar-refractivity contribution in [3.05, 3.63) is 23.8 Å². The van der Waals surface area contributed by atoms with Crippen molar-refractivity contribution < 1.29 is 10.2 Å². The van der Waals surface area contributed by atoms with E-state index in [1.54, 1.807) is 12.1 Å². The number of hydrogen-bond acceptors (Lipinski definition) is 3. The fourth-order valence-electron chi connectivity index (χ4n) is 2.43. The summed E-state index contributed by atoms with van der Waals surface area (Å²) in [6.07, 6.45) is 5.11. The third kappa shape index (κ3) is 3.64. The lowest BCUT2D eigenvalue weighted by atomic mass is 10.0. The normalized spacial score (nSPS) is 18.6. The topological polar surface area (TPSA) is 52.5 Å². The molecule has 1 saturated carbocycles. The van der Waals surface area contributed by atoms with Crippen LogP contribution in [0.15, 0.2) is 18.2 Å². The minimum atomic E-state index is 0.119. The van der Waals surface area contributed by atoms with Gasteiger partial charge in [0, 0.05) is 18.2 Å². The largest absolute Gasteiger partial charge is 0.508 e. The van der Waals surface area contributed by atoms with Gasteiger partial charge < -0.3 is 15.5 Å². The maximum Gasteiger partial charge on any atom is 0.119 e. The predicted molar refractivity (Wildman–Crippen MR) is 72.7 cm³/mol. The van der Waals surface area contributed by atoms with E-state index in [1.165, 1.54) is 25.3 Å². The summed E-state index contributed by atoms with van der Waals surface area (Å²) in [6.45, 7) is 4.27. The standard InChI is InChI=1S/C15H23NO2/c1-3-13(6-11-4-5-11)16-10(2)12-7-14(17)9-15(18)8-12/h7-11,13,16-18H,3-6H2,1-2H3. The molecule has 18 heavy (non-hydrogen) atoms. The summed E-state index contributed by atoms with van der Waals surface area (Å²) in [7, 11) is 0. The summed E-state index contributed by atoms with van der Waals surface area (Å²) < 4.78 is 0. The second-order valence-corrected chi connectivity index (χ2v) is 5.46. The Balaban J connectivity index is 1.98. The van der Waals surface area contributed by atoms with Crippen molar-refractivity contribution in [1.29, 1.82) is 0 Å². The zero-order valence-corrected chi connectivity index (χ0v) is 11.2. The highest BCUT2D eigenvalue weighted by Crippen LogP contribution is 2.34. The van der Waals surface area contributed by atoms with Gasteiger partial charge in [0.25, 0.3) is 0 Å². The monoisotopic (exact) mass is 249 g/mol. The van der Waals surface area contributed by atoms with Gasteiger partial charge in [-0.1, -0.05) is 19.8 Å². The van der Waals surface area contributed by atoms with Gasteiger partial charge in [-0.25, -0.2) is 0 Å². The van der Waals surface area contributed by atoms with E-state index >= 15 is 0 Å². The molecule has 100 valence electrons. The fraction of sp³-hybridized carbons (Fsp3) is 0.600. The molecule has 1 aliphatic rings. The first-order chi connectivity index (χ1) is 8.58. The van der Waals surface area contributed by atoms with Crippen LogP contribution in [0.3, 0.4) is 0 Å². The Bertz CT molecular complexity index is 381. The summed E-state index contributed by atoms with van der Waals surface area (Å²) >= 11 is 0. The molecular formula is C15H23NO2. The molecule has 3 nitrogen and oxygen atoms in total. The number of hydrogen-bond donors (Lipinski definition) is 3. The van der Waals surface area contributed by atoms with Crippen LogP contribution in [-0.4, -0.2) is 16.3 Å². The lowest BCUT2D eigenvalue weighted by Crippen LogP contribution is -2.31. The van der Waals surface area contributed by atoms with E-state index in [1.807, 2.05) is 0 Å². The molecule has 1 aromatic carbocycles. The molecule has 0 amide bonds. The summed E-state index contributed by atoms with van der Waals surface area (Å²) in [5, 5.41) is 22.6. The molecule has 0 spiro atoms. The van der Waals surface area contributed by atoms with E-state index in [9.17, 15) is 10.2 Å². The number of aromatic hydroxyl groups is 2. The van der Waals surface area contributed by atoms with Crippen LogP contribution in [-0.2, 0) is 0 Å². The molecule has 0 heterocycles. The maximum absolute atomic E-state index is 9.50. The minimum absolute atomic E-state index is 0.119. The van der Waals surface area contributed by atoms with Crippen LogP contribution in [0, 0.1) is 5.92 Å². The third-order valence-electron chi connectivity index (χ3n) is 3.72. The molecule has 2 atom stereocenters. The molecular weight excluding hydrogens is 226 g/mol. The average Bonchev–Trinajstić information content (AvgIpc) is 3.10. The van der Waals surface area contributed by atoms with Gasteiger partial charge in [-0.2, -0.15) is 0 Å². The molecule has 0 aliphatic heterocycles. The molecule has 1 aromatic rings. The lowest BCUT2D eigenvalue weighted by Gasteiger charge is -2.23. The number of phenols is 2. The number of rotatable bonds is 6. The smallest absolute Gasteiger partial charge is 0.119 e. The van der Waals surface area contributed by atoms with Gasteiger partial charge in [0.2, 0.25) is 0 Å². The van der Waals surface area contributed by atoms with Crippen molar-refractivity contribution in [2.75, 3.05) is 0 Å². The Labute approximate surface area is 109 Å². The average molecular weight is 249 g/mol. The van der Waals surface area contributed by atoms with E-state index in [0.29, 0.717) is 6.04 Å². The third-order valence-corrected chi connectivity index (χ3v) is 3.72. The number of nitrogens with one attached hydrogen (secondary N) is 1. The lowest BCUT2D eigenvalue weighted by molar-refractivity contribution is 0.399. The van der Waals surface area contributed by atoms with Crippen molar-refractivity contribution in [3.63, 3.8) is 0 Å². The van der Waals surface area contributed by atoms with E-state index in [-0.39, 0.29) is 17.5 Å². The predicted octanol–water partition coefficient (Wildman–Crippen LogP) is 3.33. The van der Waals surface area contributed by atoms with E-state index in [0.717, 1.165) is 17.9 Å². The summed E-state index contributed by atoms with van der Waals surface area (Å²) in [6, 6.07) is 5.45. The maximum atomic E-state index is 9.50. The first-order valence-electron chi connectivity index (χ1n) is 6.87. The molecule has 2 unspecified atom stereocenters. The van der Waals surface area contributed by atoms with E-state index in [2.05, 4.69) is 19.2 Å². The van der Waals surface area contributed by atoms with E-state index in [4.69, 9.17) is 0 Å². The van der Waals surface area contributed by atoms with Crippen LogP contribution in [0.5, 0.6) is 11.5 Å². The molecule has 1 aliphatic carbocycles. The first-order valence-corrected chi connectivity index (χ1v) is 6.87. The summed E-state index contributed by atoms with van der Waals surface area (Å²) in [5.74, 6) is 1.15. The first kappa shape index (κ1) is 13.2. The summed E-state index contributed by atoms with van der Waals surface area (Å²) in [5.41, 5.74) is 0.932. The minimum Gasteiger partial charge on any atom is -0.508 e. The van der Waals surface area contributed by atoms with Crippen molar-refractivity contribution in [2.45, 2.75) is 51.6 Å². The quantitative estimate of drug-likeness (QED) is 0.725. The van der Waals surface area contributed by atoms with Gasteiger partial charge in [-0.3, -0.25) is 0 Å². The van der Waals surface area contributed by atoms with Crippen LogP contribution in [0.2, 0.25) is 0 Å². The molecule has 3 heteroatoms. The van der Waals surface area contributed by atoms with Gasteiger partial charge in [-0.05, 0) is 43.4 Å². The SMILES string of the molecule is CCC(CC1CC1)NC(C)c1cc(O)cc(O)c1. The van der Waals surface area contributed by atoms with Crippen LogP contribution >= 0.6 is 0 Å². The fourth-order valence-corrected chi connectivity index (χ4v) is 2.43. The Hall–Kier alpha value is -1.22.